The van der Waals surface area contributed by atoms with E-state index < -0.39 is 0 Å². The van der Waals surface area contributed by atoms with Crippen molar-refractivity contribution in [2.24, 2.45) is 0 Å². The van der Waals surface area contributed by atoms with Crippen LogP contribution in [0.2, 0.25) is 0 Å². The third kappa shape index (κ3) is 1.63. The maximum atomic E-state index is 5.52. The Kier molecular flexibility index (Phi) is 2.25. The summed E-state index contributed by atoms with van der Waals surface area (Å²) in [5, 5.41) is 9.86. The van der Waals surface area contributed by atoms with Gasteiger partial charge in [0.1, 0.15) is 5.82 Å². The summed E-state index contributed by atoms with van der Waals surface area (Å²) in [7, 11) is 0. The predicted octanol–water partition coefficient (Wildman–Crippen LogP) is 2.24. The predicted molar refractivity (Wildman–Crippen MR) is 58.2 cm³/mol. The van der Waals surface area contributed by atoms with E-state index >= 15 is 0 Å². The molecule has 0 spiro atoms. The zero-order chi connectivity index (χ0) is 10.1. The van der Waals surface area contributed by atoms with Gasteiger partial charge in [-0.1, -0.05) is 13.8 Å². The average molecular weight is 208 g/mol. The highest BCUT2D eigenvalue weighted by Gasteiger charge is 2.08. The number of nitrogens with zero attached hydrogens (tertiary/aromatic N) is 2. The lowest BCUT2D eigenvalue weighted by atomic mass is 10.2. The third-order valence-corrected chi connectivity index (χ3v) is 3.03. The van der Waals surface area contributed by atoms with Crippen LogP contribution < -0.4 is 5.73 Å². The second kappa shape index (κ2) is 3.42. The van der Waals surface area contributed by atoms with Crippen molar-refractivity contribution >= 4 is 17.2 Å². The summed E-state index contributed by atoms with van der Waals surface area (Å²) in [5.41, 5.74) is 7.32. The summed E-state index contributed by atoms with van der Waals surface area (Å²) >= 11 is 1.66. The van der Waals surface area contributed by atoms with E-state index in [9.17, 15) is 0 Å². The fraction of sp³-hybridized carbons (Fsp3) is 0.333. The van der Waals surface area contributed by atoms with Gasteiger partial charge < -0.3 is 5.73 Å². The molecule has 0 aliphatic heterocycles. The summed E-state index contributed by atoms with van der Waals surface area (Å²) in [6.07, 6.45) is 0. The van der Waals surface area contributed by atoms with Gasteiger partial charge in [0.05, 0.1) is 16.4 Å². The van der Waals surface area contributed by atoms with Crippen LogP contribution in [0.5, 0.6) is 0 Å². The van der Waals surface area contributed by atoms with Gasteiger partial charge in [-0.25, -0.2) is 4.98 Å². The number of aromatic nitrogens is 3. The van der Waals surface area contributed by atoms with E-state index in [1.165, 1.54) is 0 Å². The molecule has 0 aromatic carbocycles. The number of rotatable bonds is 2. The number of aromatic amines is 1. The highest BCUT2D eigenvalue weighted by Crippen LogP contribution is 2.25. The molecule has 2 aromatic heterocycles. The van der Waals surface area contributed by atoms with Crippen LogP contribution in [0.4, 0.5) is 5.82 Å². The van der Waals surface area contributed by atoms with Crippen molar-refractivity contribution in [2.45, 2.75) is 19.8 Å². The number of hydrogen-bond donors (Lipinski definition) is 2. The Morgan fingerprint density at radius 3 is 2.79 bits per heavy atom. The van der Waals surface area contributed by atoms with E-state index in [0.29, 0.717) is 11.7 Å². The van der Waals surface area contributed by atoms with Gasteiger partial charge in [0.15, 0.2) is 0 Å². The van der Waals surface area contributed by atoms with Crippen molar-refractivity contribution in [1.29, 1.82) is 0 Å². The first-order valence-electron chi connectivity index (χ1n) is 4.43. The van der Waals surface area contributed by atoms with Crippen LogP contribution in [0.25, 0.3) is 11.4 Å². The minimum atomic E-state index is 0.467. The fourth-order valence-electron chi connectivity index (χ4n) is 1.14. The third-order valence-electron chi connectivity index (χ3n) is 1.89. The Balaban J connectivity index is 2.33. The maximum Gasteiger partial charge on any atom is 0.145 e. The number of thiazole rings is 1. The van der Waals surface area contributed by atoms with E-state index in [2.05, 4.69) is 29.0 Å². The fourth-order valence-corrected chi connectivity index (χ4v) is 1.98. The van der Waals surface area contributed by atoms with Gasteiger partial charge in [-0.3, -0.25) is 5.10 Å². The molecule has 2 aromatic rings. The Morgan fingerprint density at radius 1 is 1.50 bits per heavy atom. The van der Waals surface area contributed by atoms with Crippen molar-refractivity contribution in [1.82, 2.24) is 15.2 Å². The van der Waals surface area contributed by atoms with Crippen molar-refractivity contribution in [3.63, 3.8) is 0 Å². The molecule has 0 unspecified atom stereocenters. The summed E-state index contributed by atoms with van der Waals surface area (Å²) in [5.74, 6) is 0.966. The van der Waals surface area contributed by atoms with Crippen LogP contribution in [-0.2, 0) is 0 Å². The topological polar surface area (TPSA) is 67.6 Å². The maximum absolute atomic E-state index is 5.52. The van der Waals surface area contributed by atoms with E-state index in [1.54, 1.807) is 17.4 Å². The summed E-state index contributed by atoms with van der Waals surface area (Å²) in [4.78, 5) is 4.49. The van der Waals surface area contributed by atoms with Crippen molar-refractivity contribution in [3.8, 4) is 11.4 Å². The standard InChI is InChI=1S/C9H12N4S/c1-5(2)9-11-7(4-14-9)6-3-8(10)13-12-6/h3-5H,1-2H3,(H3,10,12,13). The molecule has 14 heavy (non-hydrogen) atoms. The van der Waals surface area contributed by atoms with Crippen LogP contribution in [-0.4, -0.2) is 15.2 Å². The molecule has 4 nitrogen and oxygen atoms in total. The number of nitrogens with two attached hydrogens (primary N) is 1. The second-order valence-corrected chi connectivity index (χ2v) is 4.32. The molecule has 0 saturated carbocycles. The number of H-pyrrole nitrogens is 1. The van der Waals surface area contributed by atoms with Gasteiger partial charge in [0, 0.05) is 17.4 Å². The number of nitrogens with one attached hydrogen (secondary N) is 1. The van der Waals surface area contributed by atoms with Crippen molar-refractivity contribution < 1.29 is 0 Å². The number of anilines is 1. The zero-order valence-corrected chi connectivity index (χ0v) is 8.93. The molecule has 0 bridgehead atoms. The van der Waals surface area contributed by atoms with Crippen LogP contribution in [0, 0.1) is 0 Å². The van der Waals surface area contributed by atoms with E-state index in [4.69, 9.17) is 5.73 Å². The lowest BCUT2D eigenvalue weighted by molar-refractivity contribution is 0.853. The molecular formula is C9H12N4S. The molecule has 0 fully saturated rings. The van der Waals surface area contributed by atoms with E-state index in [-0.39, 0.29) is 0 Å². The molecule has 0 saturated heterocycles. The summed E-state index contributed by atoms with van der Waals surface area (Å²) in [6, 6.07) is 1.79. The first-order chi connectivity index (χ1) is 6.66. The first-order valence-corrected chi connectivity index (χ1v) is 5.31. The lowest BCUT2D eigenvalue weighted by Crippen LogP contribution is -1.85. The van der Waals surface area contributed by atoms with Crippen LogP contribution in [0.15, 0.2) is 11.4 Å². The highest BCUT2D eigenvalue weighted by molar-refractivity contribution is 7.10. The lowest BCUT2D eigenvalue weighted by Gasteiger charge is -1.95. The van der Waals surface area contributed by atoms with Crippen molar-refractivity contribution in [2.75, 3.05) is 5.73 Å². The Bertz CT molecular complexity index is 429. The normalized spacial score (nSPS) is 11.1. The molecule has 3 N–H and O–H groups in total. The average Bonchev–Trinajstić information content (AvgIpc) is 2.70. The molecular weight excluding hydrogens is 196 g/mol. The highest BCUT2D eigenvalue weighted by atomic mass is 32.1. The largest absolute Gasteiger partial charge is 0.382 e. The first kappa shape index (κ1) is 9.21. The minimum absolute atomic E-state index is 0.467. The Hall–Kier alpha value is -1.36. The van der Waals surface area contributed by atoms with Crippen LogP contribution in [0.3, 0.4) is 0 Å². The van der Waals surface area contributed by atoms with Gasteiger partial charge in [-0.15, -0.1) is 11.3 Å². The van der Waals surface area contributed by atoms with Crippen molar-refractivity contribution in [3.05, 3.63) is 16.5 Å². The van der Waals surface area contributed by atoms with Gasteiger partial charge in [-0.05, 0) is 0 Å². The summed E-state index contributed by atoms with van der Waals surface area (Å²) in [6.45, 7) is 4.26. The molecule has 2 heterocycles. The van der Waals surface area contributed by atoms with E-state index in [1.807, 2.05) is 5.38 Å². The summed E-state index contributed by atoms with van der Waals surface area (Å²) < 4.78 is 0. The SMILES string of the molecule is CC(C)c1nc(-c2cc(N)n[nH]2)cs1. The minimum Gasteiger partial charge on any atom is -0.382 e. The van der Waals surface area contributed by atoms with Gasteiger partial charge in [0.2, 0.25) is 0 Å². The zero-order valence-electron chi connectivity index (χ0n) is 8.11. The second-order valence-electron chi connectivity index (χ2n) is 3.43. The number of nitrogen functional groups attached to an aromatic ring is 1. The van der Waals surface area contributed by atoms with E-state index in [0.717, 1.165) is 16.4 Å². The van der Waals surface area contributed by atoms with Gasteiger partial charge in [0.25, 0.3) is 0 Å². The molecule has 0 aliphatic carbocycles. The van der Waals surface area contributed by atoms with Gasteiger partial charge >= 0.3 is 0 Å². The smallest absolute Gasteiger partial charge is 0.145 e. The Morgan fingerprint density at radius 2 is 2.29 bits per heavy atom. The molecule has 0 radical (unpaired) electrons. The molecule has 0 amide bonds. The number of hydrogen-bond acceptors (Lipinski definition) is 4. The molecule has 74 valence electrons. The molecule has 0 atom stereocenters. The Labute approximate surface area is 86.2 Å². The molecule has 2 rings (SSSR count). The monoisotopic (exact) mass is 208 g/mol. The molecule has 0 aliphatic rings. The quantitative estimate of drug-likeness (QED) is 0.795. The van der Waals surface area contributed by atoms with Crippen LogP contribution >= 0.6 is 11.3 Å². The van der Waals surface area contributed by atoms with Crippen LogP contribution in [0.1, 0.15) is 24.8 Å². The molecule has 5 heteroatoms. The van der Waals surface area contributed by atoms with Gasteiger partial charge in [-0.2, -0.15) is 5.10 Å².